The number of piperidine rings is 1. The average Bonchev–Trinajstić information content (AvgIpc) is 3.10. The molecular weight excluding hydrogens is 419 g/mol. The largest absolute Gasteiger partial charge is 0.355 e. The summed E-state index contributed by atoms with van der Waals surface area (Å²) in [6.07, 6.45) is 2.14. The summed E-state index contributed by atoms with van der Waals surface area (Å²) in [5.74, 6) is -2.09. The fourth-order valence-corrected chi connectivity index (χ4v) is 4.76. The summed E-state index contributed by atoms with van der Waals surface area (Å²) in [5, 5.41) is 6.21. The van der Waals surface area contributed by atoms with Crippen molar-refractivity contribution in [3.05, 3.63) is 59.4 Å². The minimum absolute atomic E-state index is 0.0126. The molecule has 1 unspecified atom stereocenters. The van der Waals surface area contributed by atoms with Crippen LogP contribution in [0.25, 0.3) is 22.2 Å². The SMILES string of the molecule is O=C1CCC(C(=O)NC2CC(c3c(-c4ccc(F)cc4)[nH]c4c(F)cc(F)cc34)C2)CN1. The van der Waals surface area contributed by atoms with E-state index in [2.05, 4.69) is 15.6 Å². The van der Waals surface area contributed by atoms with Crippen LogP contribution in [0.5, 0.6) is 0 Å². The van der Waals surface area contributed by atoms with E-state index >= 15 is 0 Å². The molecule has 0 bridgehead atoms. The van der Waals surface area contributed by atoms with Crippen LogP contribution < -0.4 is 10.6 Å². The van der Waals surface area contributed by atoms with Crippen molar-refractivity contribution in [3.63, 3.8) is 0 Å². The third-order valence-corrected chi connectivity index (χ3v) is 6.53. The standard InChI is InChI=1S/C24H22F3N3O2/c25-15-4-1-12(2-5-15)22-21(18-9-16(26)10-19(27)23(18)30-22)14-7-17(8-14)29-24(32)13-3-6-20(31)28-11-13/h1-2,4-5,9-10,13-14,17,30H,3,6-8,11H2,(H,28,31)(H,29,32). The summed E-state index contributed by atoms with van der Waals surface area (Å²) in [7, 11) is 0. The number of hydrogen-bond acceptors (Lipinski definition) is 2. The number of aromatic amines is 1. The fourth-order valence-electron chi connectivity index (χ4n) is 4.76. The second-order valence-electron chi connectivity index (χ2n) is 8.64. The van der Waals surface area contributed by atoms with Crippen molar-refractivity contribution in [2.45, 2.75) is 37.6 Å². The molecule has 2 aliphatic rings. The number of amides is 2. The molecule has 1 atom stereocenters. The van der Waals surface area contributed by atoms with E-state index in [9.17, 15) is 22.8 Å². The van der Waals surface area contributed by atoms with Crippen LogP contribution in [-0.4, -0.2) is 29.4 Å². The maximum atomic E-state index is 14.5. The molecule has 2 fully saturated rings. The molecular formula is C24H22F3N3O2. The van der Waals surface area contributed by atoms with Crippen molar-refractivity contribution in [1.29, 1.82) is 0 Å². The number of H-pyrrole nitrogens is 1. The first-order valence-electron chi connectivity index (χ1n) is 10.7. The number of carbonyl (C=O) groups excluding carboxylic acids is 2. The molecule has 2 heterocycles. The molecule has 1 aromatic heterocycles. The summed E-state index contributed by atoms with van der Waals surface area (Å²) < 4.78 is 41.9. The first-order chi connectivity index (χ1) is 15.4. The first-order valence-corrected chi connectivity index (χ1v) is 10.7. The van der Waals surface area contributed by atoms with E-state index in [4.69, 9.17) is 0 Å². The van der Waals surface area contributed by atoms with Gasteiger partial charge in [-0.2, -0.15) is 0 Å². The molecule has 2 amide bonds. The van der Waals surface area contributed by atoms with Crippen molar-refractivity contribution in [2.75, 3.05) is 6.54 Å². The number of fused-ring (bicyclic) bond motifs is 1. The summed E-state index contributed by atoms with van der Waals surface area (Å²) >= 11 is 0. The van der Waals surface area contributed by atoms with Gasteiger partial charge in [0.25, 0.3) is 0 Å². The highest BCUT2D eigenvalue weighted by Crippen LogP contribution is 2.45. The maximum Gasteiger partial charge on any atom is 0.225 e. The van der Waals surface area contributed by atoms with Gasteiger partial charge in [0.05, 0.1) is 17.1 Å². The predicted octanol–water partition coefficient (Wildman–Crippen LogP) is 4.14. The molecule has 2 aromatic carbocycles. The number of carbonyl (C=O) groups is 2. The molecule has 0 spiro atoms. The Balaban J connectivity index is 1.39. The van der Waals surface area contributed by atoms with E-state index in [1.54, 1.807) is 12.1 Å². The number of nitrogens with one attached hydrogen (secondary N) is 3. The summed E-state index contributed by atoms with van der Waals surface area (Å²) in [6.45, 7) is 0.344. The van der Waals surface area contributed by atoms with Crippen LogP contribution in [0.2, 0.25) is 0 Å². The number of halogens is 3. The van der Waals surface area contributed by atoms with E-state index in [0.717, 1.165) is 11.6 Å². The van der Waals surface area contributed by atoms with Gasteiger partial charge in [-0.25, -0.2) is 13.2 Å². The van der Waals surface area contributed by atoms with E-state index in [1.165, 1.54) is 18.2 Å². The topological polar surface area (TPSA) is 74.0 Å². The smallest absolute Gasteiger partial charge is 0.225 e. The van der Waals surface area contributed by atoms with Gasteiger partial charge in [0.1, 0.15) is 17.5 Å². The van der Waals surface area contributed by atoms with Crippen LogP contribution in [0.4, 0.5) is 13.2 Å². The maximum absolute atomic E-state index is 14.5. The Bertz CT molecular complexity index is 1190. The summed E-state index contributed by atoms with van der Waals surface area (Å²) in [6, 6.07) is 7.97. The minimum atomic E-state index is -0.682. The Hall–Kier alpha value is -3.29. The first kappa shape index (κ1) is 20.6. The Morgan fingerprint density at radius 1 is 1.03 bits per heavy atom. The predicted molar refractivity (Wildman–Crippen MR) is 113 cm³/mol. The van der Waals surface area contributed by atoms with Crippen LogP contribution in [0.15, 0.2) is 36.4 Å². The van der Waals surface area contributed by atoms with Crippen molar-refractivity contribution < 1.29 is 22.8 Å². The van der Waals surface area contributed by atoms with Crippen LogP contribution in [0, 0.1) is 23.4 Å². The van der Waals surface area contributed by atoms with Gasteiger partial charge in [-0.05, 0) is 66.6 Å². The lowest BCUT2D eigenvalue weighted by Gasteiger charge is -2.37. The zero-order chi connectivity index (χ0) is 22.4. The Morgan fingerprint density at radius 2 is 1.78 bits per heavy atom. The monoisotopic (exact) mass is 441 g/mol. The highest BCUT2D eigenvalue weighted by atomic mass is 19.1. The zero-order valence-corrected chi connectivity index (χ0v) is 17.2. The zero-order valence-electron chi connectivity index (χ0n) is 17.2. The Kier molecular flexibility index (Phi) is 5.15. The van der Waals surface area contributed by atoms with E-state index < -0.39 is 11.6 Å². The number of aromatic nitrogens is 1. The van der Waals surface area contributed by atoms with Gasteiger partial charge < -0.3 is 15.6 Å². The third kappa shape index (κ3) is 3.74. The summed E-state index contributed by atoms with van der Waals surface area (Å²) in [4.78, 5) is 26.9. The molecule has 1 aliphatic heterocycles. The van der Waals surface area contributed by atoms with Crippen molar-refractivity contribution in [3.8, 4) is 11.3 Å². The molecule has 5 nitrogen and oxygen atoms in total. The lowest BCUT2D eigenvalue weighted by atomic mass is 9.74. The van der Waals surface area contributed by atoms with Crippen molar-refractivity contribution in [1.82, 2.24) is 15.6 Å². The second kappa shape index (κ2) is 8.00. The van der Waals surface area contributed by atoms with Gasteiger partial charge >= 0.3 is 0 Å². The van der Waals surface area contributed by atoms with Crippen molar-refractivity contribution in [2.24, 2.45) is 5.92 Å². The molecule has 32 heavy (non-hydrogen) atoms. The van der Waals surface area contributed by atoms with Gasteiger partial charge in [0.15, 0.2) is 0 Å². The van der Waals surface area contributed by atoms with E-state index in [0.29, 0.717) is 48.9 Å². The van der Waals surface area contributed by atoms with Crippen LogP contribution >= 0.6 is 0 Å². The number of hydrogen-bond donors (Lipinski definition) is 3. The lowest BCUT2D eigenvalue weighted by Crippen LogP contribution is -2.49. The molecule has 1 saturated carbocycles. The lowest BCUT2D eigenvalue weighted by molar-refractivity contribution is -0.129. The highest BCUT2D eigenvalue weighted by Gasteiger charge is 2.37. The third-order valence-electron chi connectivity index (χ3n) is 6.53. The Labute approximate surface area is 182 Å². The fraction of sp³-hybridized carbons (Fsp3) is 0.333. The van der Waals surface area contributed by atoms with Crippen LogP contribution in [0.3, 0.4) is 0 Å². The summed E-state index contributed by atoms with van der Waals surface area (Å²) in [5.41, 5.74) is 2.31. The van der Waals surface area contributed by atoms with Gasteiger partial charge in [-0.15, -0.1) is 0 Å². The molecule has 3 N–H and O–H groups in total. The molecule has 3 aromatic rings. The van der Waals surface area contributed by atoms with Gasteiger partial charge in [0.2, 0.25) is 11.8 Å². The molecule has 166 valence electrons. The molecule has 5 rings (SSSR count). The van der Waals surface area contributed by atoms with Gasteiger partial charge in [-0.3, -0.25) is 9.59 Å². The molecule has 0 radical (unpaired) electrons. The minimum Gasteiger partial charge on any atom is -0.355 e. The van der Waals surface area contributed by atoms with Crippen LogP contribution in [-0.2, 0) is 9.59 Å². The number of rotatable bonds is 4. The van der Waals surface area contributed by atoms with Crippen LogP contribution in [0.1, 0.15) is 37.2 Å². The molecule has 1 saturated heterocycles. The average molecular weight is 441 g/mol. The quantitative estimate of drug-likeness (QED) is 0.569. The molecule has 8 heteroatoms. The van der Waals surface area contributed by atoms with E-state index in [-0.39, 0.29) is 41.0 Å². The molecule has 1 aliphatic carbocycles. The van der Waals surface area contributed by atoms with Gasteiger partial charge in [-0.1, -0.05) is 0 Å². The second-order valence-corrected chi connectivity index (χ2v) is 8.64. The number of benzene rings is 2. The highest BCUT2D eigenvalue weighted by molar-refractivity contribution is 5.92. The van der Waals surface area contributed by atoms with Crippen molar-refractivity contribution >= 4 is 22.7 Å². The van der Waals surface area contributed by atoms with E-state index in [1.807, 2.05) is 0 Å². The Morgan fingerprint density at radius 3 is 2.47 bits per heavy atom. The van der Waals surface area contributed by atoms with Gasteiger partial charge in [0, 0.05) is 30.5 Å². The normalized spacial score (nSPS) is 23.0.